The molecule has 0 spiro atoms. The van der Waals surface area contributed by atoms with Crippen LogP contribution in [0.5, 0.6) is 0 Å². The number of carbonyl (C=O) groups excluding carboxylic acids is 1. The highest BCUT2D eigenvalue weighted by atomic mass is 16.1. The van der Waals surface area contributed by atoms with Gasteiger partial charge >= 0.3 is 0 Å². The van der Waals surface area contributed by atoms with Crippen LogP contribution in [0.2, 0.25) is 0 Å². The molecule has 1 aromatic heterocycles. The molecule has 1 heterocycles. The van der Waals surface area contributed by atoms with Gasteiger partial charge in [0.1, 0.15) is 0 Å². The Labute approximate surface area is 118 Å². The smallest absolute Gasteiger partial charge is 0.223 e. The summed E-state index contributed by atoms with van der Waals surface area (Å²) in [6.07, 6.45) is 4.32. The zero-order valence-electron chi connectivity index (χ0n) is 11.6. The fourth-order valence-corrected chi connectivity index (χ4v) is 2.03. The third-order valence-electron chi connectivity index (χ3n) is 3.24. The summed E-state index contributed by atoms with van der Waals surface area (Å²) in [5.74, 6) is -0.0254. The average Bonchev–Trinajstić information content (AvgIpc) is 2.99. The van der Waals surface area contributed by atoms with E-state index in [-0.39, 0.29) is 11.8 Å². The maximum atomic E-state index is 11.9. The molecule has 0 aliphatic carbocycles. The van der Waals surface area contributed by atoms with Gasteiger partial charge in [0.15, 0.2) is 0 Å². The molecule has 1 atom stereocenters. The van der Waals surface area contributed by atoms with Crippen molar-refractivity contribution in [1.29, 1.82) is 0 Å². The molecule has 1 unspecified atom stereocenters. The number of amides is 1. The molecule has 2 aromatic rings. The molecule has 1 amide bonds. The van der Waals surface area contributed by atoms with Crippen LogP contribution in [0.4, 0.5) is 0 Å². The van der Waals surface area contributed by atoms with E-state index in [2.05, 4.69) is 10.4 Å². The molecule has 0 radical (unpaired) electrons. The first-order chi connectivity index (χ1) is 9.72. The lowest BCUT2D eigenvalue weighted by molar-refractivity contribution is -0.124. The second-order valence-electron chi connectivity index (χ2n) is 4.78. The minimum atomic E-state index is -0.0585. The second-order valence-corrected chi connectivity index (χ2v) is 4.78. The summed E-state index contributed by atoms with van der Waals surface area (Å²) in [7, 11) is 0. The molecule has 20 heavy (non-hydrogen) atoms. The van der Waals surface area contributed by atoms with E-state index >= 15 is 0 Å². The first-order valence-corrected chi connectivity index (χ1v) is 6.78. The highest BCUT2D eigenvalue weighted by Gasteiger charge is 2.12. The lowest BCUT2D eigenvalue weighted by atomic mass is 10.1. The predicted molar refractivity (Wildman–Crippen MR) is 78.2 cm³/mol. The molecule has 0 aliphatic heterocycles. The summed E-state index contributed by atoms with van der Waals surface area (Å²) in [6, 6.07) is 9.76. The highest BCUT2D eigenvalue weighted by molar-refractivity contribution is 5.78. The largest absolute Gasteiger partial charge is 0.352 e. The summed E-state index contributed by atoms with van der Waals surface area (Å²) in [5, 5.41) is 7.18. The van der Waals surface area contributed by atoms with Crippen molar-refractivity contribution in [2.75, 3.05) is 6.54 Å². The van der Waals surface area contributed by atoms with Gasteiger partial charge in [-0.2, -0.15) is 5.10 Å². The first kappa shape index (κ1) is 14.3. The highest BCUT2D eigenvalue weighted by Crippen LogP contribution is 2.13. The van der Waals surface area contributed by atoms with Gasteiger partial charge in [-0.3, -0.25) is 4.79 Å². The van der Waals surface area contributed by atoms with Crippen molar-refractivity contribution in [3.05, 3.63) is 48.3 Å². The Hall–Kier alpha value is -2.14. The van der Waals surface area contributed by atoms with Gasteiger partial charge < -0.3 is 11.1 Å². The topological polar surface area (TPSA) is 72.9 Å². The Morgan fingerprint density at radius 2 is 2.20 bits per heavy atom. The van der Waals surface area contributed by atoms with Gasteiger partial charge in [0.05, 0.1) is 5.69 Å². The van der Waals surface area contributed by atoms with Gasteiger partial charge in [-0.15, -0.1) is 0 Å². The molecule has 5 nitrogen and oxygen atoms in total. The van der Waals surface area contributed by atoms with Crippen molar-refractivity contribution in [3.8, 4) is 5.69 Å². The summed E-state index contributed by atoms with van der Waals surface area (Å²) >= 11 is 0. The van der Waals surface area contributed by atoms with E-state index in [1.54, 1.807) is 10.9 Å². The SMILES string of the molecule is CC(CCN)C(=O)NCc1ccccc1-n1cccn1. The molecular weight excluding hydrogens is 252 g/mol. The minimum absolute atomic E-state index is 0.0331. The molecule has 5 heteroatoms. The van der Waals surface area contributed by atoms with Crippen molar-refractivity contribution in [2.24, 2.45) is 11.7 Å². The van der Waals surface area contributed by atoms with Gasteiger partial charge in [0.25, 0.3) is 0 Å². The summed E-state index contributed by atoms with van der Waals surface area (Å²) in [5.41, 5.74) is 7.48. The Bertz CT molecular complexity index is 551. The molecule has 1 aromatic carbocycles. The number of para-hydroxylation sites is 1. The fourth-order valence-electron chi connectivity index (χ4n) is 2.03. The van der Waals surface area contributed by atoms with E-state index in [4.69, 9.17) is 5.73 Å². The normalized spacial score (nSPS) is 12.1. The van der Waals surface area contributed by atoms with E-state index in [0.717, 1.165) is 11.3 Å². The molecule has 0 fully saturated rings. The van der Waals surface area contributed by atoms with Gasteiger partial charge in [-0.25, -0.2) is 4.68 Å². The van der Waals surface area contributed by atoms with E-state index in [1.165, 1.54) is 0 Å². The van der Waals surface area contributed by atoms with Gasteiger partial charge in [0.2, 0.25) is 5.91 Å². The Morgan fingerprint density at radius 3 is 2.90 bits per heavy atom. The van der Waals surface area contributed by atoms with E-state index in [0.29, 0.717) is 19.5 Å². The monoisotopic (exact) mass is 272 g/mol. The lowest BCUT2D eigenvalue weighted by Gasteiger charge is -2.13. The summed E-state index contributed by atoms with van der Waals surface area (Å²) in [6.45, 7) is 2.91. The first-order valence-electron chi connectivity index (χ1n) is 6.78. The number of hydrogen-bond acceptors (Lipinski definition) is 3. The third kappa shape index (κ3) is 3.45. The molecule has 0 saturated carbocycles. The zero-order valence-corrected chi connectivity index (χ0v) is 11.6. The number of nitrogens with two attached hydrogens (primary N) is 1. The van der Waals surface area contributed by atoms with Crippen molar-refractivity contribution in [1.82, 2.24) is 15.1 Å². The van der Waals surface area contributed by atoms with Crippen LogP contribution in [0.15, 0.2) is 42.7 Å². The van der Waals surface area contributed by atoms with E-state index < -0.39 is 0 Å². The number of benzene rings is 1. The predicted octanol–water partition coefficient (Wildman–Crippen LogP) is 1.47. The maximum absolute atomic E-state index is 11.9. The van der Waals surface area contributed by atoms with E-state index in [1.807, 2.05) is 43.5 Å². The van der Waals surface area contributed by atoms with Gasteiger partial charge in [0, 0.05) is 24.9 Å². The number of hydrogen-bond donors (Lipinski definition) is 2. The van der Waals surface area contributed by atoms with Gasteiger partial charge in [-0.05, 0) is 30.7 Å². The van der Waals surface area contributed by atoms with Crippen LogP contribution in [0.25, 0.3) is 5.69 Å². The number of nitrogens with zero attached hydrogens (tertiary/aromatic N) is 2. The molecule has 3 N–H and O–H groups in total. The van der Waals surface area contributed by atoms with Crippen LogP contribution < -0.4 is 11.1 Å². The third-order valence-corrected chi connectivity index (χ3v) is 3.24. The number of rotatable bonds is 6. The molecule has 0 aliphatic rings. The molecular formula is C15H20N4O. The summed E-state index contributed by atoms with van der Waals surface area (Å²) < 4.78 is 1.80. The number of aromatic nitrogens is 2. The van der Waals surface area contributed by atoms with Crippen molar-refractivity contribution in [2.45, 2.75) is 19.9 Å². The van der Waals surface area contributed by atoms with Crippen LogP contribution in [-0.4, -0.2) is 22.2 Å². The number of nitrogens with one attached hydrogen (secondary N) is 1. The van der Waals surface area contributed by atoms with Crippen LogP contribution in [0.1, 0.15) is 18.9 Å². The Kier molecular flexibility index (Phi) is 4.90. The molecule has 0 bridgehead atoms. The second kappa shape index (κ2) is 6.86. The van der Waals surface area contributed by atoms with Gasteiger partial charge in [-0.1, -0.05) is 25.1 Å². The quantitative estimate of drug-likeness (QED) is 0.836. The molecule has 0 saturated heterocycles. The lowest BCUT2D eigenvalue weighted by Crippen LogP contribution is -2.30. The van der Waals surface area contributed by atoms with Crippen molar-refractivity contribution >= 4 is 5.91 Å². The molecule has 106 valence electrons. The standard InChI is InChI=1S/C15H20N4O/c1-12(7-8-16)15(20)17-11-13-5-2-3-6-14(13)19-10-4-9-18-19/h2-6,9-10,12H,7-8,11,16H2,1H3,(H,17,20). The minimum Gasteiger partial charge on any atom is -0.352 e. The Balaban J connectivity index is 2.05. The maximum Gasteiger partial charge on any atom is 0.223 e. The van der Waals surface area contributed by atoms with Crippen LogP contribution in [0, 0.1) is 5.92 Å². The number of carbonyl (C=O) groups is 1. The molecule has 2 rings (SSSR count). The van der Waals surface area contributed by atoms with Crippen molar-refractivity contribution in [3.63, 3.8) is 0 Å². The fraction of sp³-hybridized carbons (Fsp3) is 0.333. The summed E-state index contributed by atoms with van der Waals surface area (Å²) in [4.78, 5) is 11.9. The van der Waals surface area contributed by atoms with Crippen LogP contribution >= 0.6 is 0 Å². The van der Waals surface area contributed by atoms with E-state index in [9.17, 15) is 4.79 Å². The van der Waals surface area contributed by atoms with Crippen molar-refractivity contribution < 1.29 is 4.79 Å². The van der Waals surface area contributed by atoms with Crippen LogP contribution in [0.3, 0.4) is 0 Å². The Morgan fingerprint density at radius 1 is 1.40 bits per heavy atom. The van der Waals surface area contributed by atoms with Crippen LogP contribution in [-0.2, 0) is 11.3 Å². The average molecular weight is 272 g/mol. The zero-order chi connectivity index (χ0) is 14.4.